The van der Waals surface area contributed by atoms with Crippen LogP contribution in [0.3, 0.4) is 0 Å². The molecule has 0 aliphatic heterocycles. The number of aryl methyl sites for hydroxylation is 4. The highest BCUT2D eigenvalue weighted by Gasteiger charge is 2.10. The van der Waals surface area contributed by atoms with E-state index >= 15 is 0 Å². The molecule has 0 N–H and O–H groups in total. The van der Waals surface area contributed by atoms with E-state index in [2.05, 4.69) is 42.9 Å². The molecule has 0 amide bonds. The second-order valence-electron chi connectivity index (χ2n) is 4.43. The monoisotopic (exact) mass is 246 g/mol. The highest BCUT2D eigenvalue weighted by atomic mass is 35.5. The van der Waals surface area contributed by atoms with Crippen LogP contribution in [0.4, 0.5) is 0 Å². The molecule has 1 aromatic carbocycles. The summed E-state index contributed by atoms with van der Waals surface area (Å²) >= 11 is 5.98. The van der Waals surface area contributed by atoms with Crippen molar-refractivity contribution < 1.29 is 0 Å². The molecule has 17 heavy (non-hydrogen) atoms. The van der Waals surface area contributed by atoms with E-state index in [-0.39, 0.29) is 0 Å². The van der Waals surface area contributed by atoms with Gasteiger partial charge in [0.25, 0.3) is 0 Å². The number of halogens is 1. The second kappa shape index (κ2) is 4.46. The van der Waals surface area contributed by atoms with E-state index in [1.165, 1.54) is 16.7 Å². The molecular weight excluding hydrogens is 232 g/mol. The summed E-state index contributed by atoms with van der Waals surface area (Å²) in [5, 5.41) is 0.492. The summed E-state index contributed by atoms with van der Waals surface area (Å²) in [4.78, 5) is 8.77. The van der Waals surface area contributed by atoms with Crippen molar-refractivity contribution in [3.63, 3.8) is 0 Å². The van der Waals surface area contributed by atoms with Gasteiger partial charge in [0.2, 0.25) is 0 Å². The lowest BCUT2D eigenvalue weighted by Crippen LogP contribution is -1.97. The van der Waals surface area contributed by atoms with Gasteiger partial charge in [-0.2, -0.15) is 0 Å². The topological polar surface area (TPSA) is 25.8 Å². The van der Waals surface area contributed by atoms with Crippen LogP contribution < -0.4 is 0 Å². The maximum atomic E-state index is 5.98. The molecule has 0 atom stereocenters. The van der Waals surface area contributed by atoms with Gasteiger partial charge in [0, 0.05) is 11.3 Å². The quantitative estimate of drug-likeness (QED) is 0.710. The maximum absolute atomic E-state index is 5.98. The molecule has 0 aliphatic carbocycles. The van der Waals surface area contributed by atoms with Gasteiger partial charge in [-0.3, -0.25) is 0 Å². The number of nitrogens with zero attached hydrogens (tertiary/aromatic N) is 2. The van der Waals surface area contributed by atoms with E-state index in [9.17, 15) is 0 Å². The number of rotatable bonds is 1. The first-order valence-corrected chi connectivity index (χ1v) is 5.94. The fourth-order valence-electron chi connectivity index (χ4n) is 2.17. The molecular formula is C14H15ClN2. The molecule has 0 saturated heterocycles. The summed E-state index contributed by atoms with van der Waals surface area (Å²) in [5.74, 6) is 0.713. The van der Waals surface area contributed by atoms with Crippen molar-refractivity contribution in [3.05, 3.63) is 45.7 Å². The van der Waals surface area contributed by atoms with Crippen molar-refractivity contribution in [1.82, 2.24) is 9.97 Å². The van der Waals surface area contributed by atoms with Gasteiger partial charge in [-0.1, -0.05) is 29.3 Å². The Hall–Kier alpha value is -1.41. The Balaban J connectivity index is 2.68. The average Bonchev–Trinajstić information content (AvgIpc) is 2.13. The van der Waals surface area contributed by atoms with Crippen molar-refractivity contribution >= 4 is 11.6 Å². The summed E-state index contributed by atoms with van der Waals surface area (Å²) in [6.45, 7) is 8.17. The third-order valence-corrected chi connectivity index (χ3v) is 2.92. The largest absolute Gasteiger partial charge is 0.233 e. The van der Waals surface area contributed by atoms with Gasteiger partial charge in [0.1, 0.15) is 5.15 Å². The van der Waals surface area contributed by atoms with E-state index in [1.807, 2.05) is 6.92 Å². The summed E-state index contributed by atoms with van der Waals surface area (Å²) in [7, 11) is 0. The molecule has 0 aliphatic rings. The van der Waals surface area contributed by atoms with Gasteiger partial charge in [-0.15, -0.1) is 0 Å². The second-order valence-corrected chi connectivity index (χ2v) is 4.82. The zero-order valence-corrected chi connectivity index (χ0v) is 11.3. The predicted octanol–water partition coefficient (Wildman–Crippen LogP) is 4.03. The van der Waals surface area contributed by atoms with E-state index in [4.69, 9.17) is 11.6 Å². The number of hydrogen-bond acceptors (Lipinski definition) is 2. The van der Waals surface area contributed by atoms with Crippen LogP contribution in [0, 0.1) is 27.7 Å². The van der Waals surface area contributed by atoms with E-state index in [1.54, 1.807) is 6.07 Å². The third-order valence-electron chi connectivity index (χ3n) is 2.72. The number of hydrogen-bond donors (Lipinski definition) is 0. The zero-order chi connectivity index (χ0) is 12.6. The van der Waals surface area contributed by atoms with Gasteiger partial charge in [-0.25, -0.2) is 9.97 Å². The predicted molar refractivity (Wildman–Crippen MR) is 71.4 cm³/mol. The molecule has 2 aromatic rings. The van der Waals surface area contributed by atoms with Crippen molar-refractivity contribution in [3.8, 4) is 11.4 Å². The molecule has 0 radical (unpaired) electrons. The molecule has 0 spiro atoms. The van der Waals surface area contributed by atoms with Crippen LogP contribution in [0.15, 0.2) is 18.2 Å². The zero-order valence-electron chi connectivity index (χ0n) is 10.5. The van der Waals surface area contributed by atoms with Crippen molar-refractivity contribution in [2.24, 2.45) is 0 Å². The van der Waals surface area contributed by atoms with Gasteiger partial charge < -0.3 is 0 Å². The number of benzene rings is 1. The first-order chi connectivity index (χ1) is 7.97. The lowest BCUT2D eigenvalue weighted by atomic mass is 9.99. The molecule has 0 fully saturated rings. The Kier molecular flexibility index (Phi) is 3.16. The normalized spacial score (nSPS) is 10.6. The van der Waals surface area contributed by atoms with Crippen molar-refractivity contribution in [2.45, 2.75) is 27.7 Å². The van der Waals surface area contributed by atoms with Crippen LogP contribution in [0.25, 0.3) is 11.4 Å². The van der Waals surface area contributed by atoms with Crippen LogP contribution in [0.1, 0.15) is 22.4 Å². The summed E-state index contributed by atoms with van der Waals surface area (Å²) < 4.78 is 0. The first-order valence-electron chi connectivity index (χ1n) is 5.57. The van der Waals surface area contributed by atoms with Crippen molar-refractivity contribution in [1.29, 1.82) is 0 Å². The molecule has 1 heterocycles. The third kappa shape index (κ3) is 2.47. The Labute approximate surface area is 107 Å². The van der Waals surface area contributed by atoms with Crippen LogP contribution in [0.5, 0.6) is 0 Å². The molecule has 1 aromatic heterocycles. The van der Waals surface area contributed by atoms with Gasteiger partial charge in [0.15, 0.2) is 5.82 Å². The fourth-order valence-corrected chi connectivity index (χ4v) is 2.41. The minimum absolute atomic E-state index is 0.492. The van der Waals surface area contributed by atoms with Crippen molar-refractivity contribution in [2.75, 3.05) is 0 Å². The Morgan fingerprint density at radius 3 is 2.00 bits per heavy atom. The summed E-state index contributed by atoms with van der Waals surface area (Å²) in [6.07, 6.45) is 0. The lowest BCUT2D eigenvalue weighted by Gasteiger charge is -2.10. The molecule has 0 bridgehead atoms. The highest BCUT2D eigenvalue weighted by molar-refractivity contribution is 6.29. The highest BCUT2D eigenvalue weighted by Crippen LogP contribution is 2.26. The van der Waals surface area contributed by atoms with Crippen LogP contribution in [-0.4, -0.2) is 9.97 Å². The van der Waals surface area contributed by atoms with E-state index in [0.29, 0.717) is 11.0 Å². The molecule has 2 nitrogen and oxygen atoms in total. The molecule has 88 valence electrons. The lowest BCUT2D eigenvalue weighted by molar-refractivity contribution is 1.10. The first kappa shape index (κ1) is 12.1. The summed E-state index contributed by atoms with van der Waals surface area (Å²) in [6, 6.07) is 6.05. The van der Waals surface area contributed by atoms with E-state index < -0.39 is 0 Å². The van der Waals surface area contributed by atoms with Crippen LogP contribution in [-0.2, 0) is 0 Å². The fraction of sp³-hybridized carbons (Fsp3) is 0.286. The molecule has 2 rings (SSSR count). The van der Waals surface area contributed by atoms with Gasteiger partial charge >= 0.3 is 0 Å². The summed E-state index contributed by atoms with van der Waals surface area (Å²) in [5.41, 5.74) is 5.59. The Bertz CT molecular complexity index is 533. The van der Waals surface area contributed by atoms with E-state index in [0.717, 1.165) is 11.3 Å². The minimum Gasteiger partial charge on any atom is -0.233 e. The maximum Gasteiger partial charge on any atom is 0.161 e. The Morgan fingerprint density at radius 1 is 0.882 bits per heavy atom. The molecule has 0 unspecified atom stereocenters. The minimum atomic E-state index is 0.492. The molecule has 3 heteroatoms. The smallest absolute Gasteiger partial charge is 0.161 e. The number of aromatic nitrogens is 2. The van der Waals surface area contributed by atoms with Crippen LogP contribution in [0.2, 0.25) is 5.15 Å². The van der Waals surface area contributed by atoms with Crippen LogP contribution >= 0.6 is 11.6 Å². The Morgan fingerprint density at radius 2 is 1.47 bits per heavy atom. The average molecular weight is 247 g/mol. The standard InChI is InChI=1S/C14H15ClN2/c1-8-5-9(2)13(10(3)6-8)14-16-11(4)7-12(15)17-14/h5-7H,1-4H3. The van der Waals surface area contributed by atoms with Gasteiger partial charge in [-0.05, 0) is 44.9 Å². The SMILES string of the molecule is Cc1cc(C)c(-c2nc(C)cc(Cl)n2)c(C)c1. The molecule has 0 saturated carbocycles. The van der Waals surface area contributed by atoms with Gasteiger partial charge in [0.05, 0.1) is 0 Å².